The van der Waals surface area contributed by atoms with Crippen LogP contribution in [0, 0.1) is 0 Å². The average Bonchev–Trinajstić information content (AvgIpc) is 2.59. The van der Waals surface area contributed by atoms with E-state index in [0.717, 1.165) is 11.0 Å². The number of fused-ring (bicyclic) bond motifs is 1. The summed E-state index contributed by atoms with van der Waals surface area (Å²) >= 11 is 0. The van der Waals surface area contributed by atoms with Crippen molar-refractivity contribution in [2.24, 2.45) is 17.9 Å². The second-order valence-electron chi connectivity index (χ2n) is 3.01. The maximum Gasteiger partial charge on any atom is 0.170 e. The first-order valence-corrected chi connectivity index (χ1v) is 4.12. The number of aromatic nitrogens is 2. The third-order valence-corrected chi connectivity index (χ3v) is 2.15. The van der Waals surface area contributed by atoms with Gasteiger partial charge >= 0.3 is 0 Å². The van der Waals surface area contributed by atoms with E-state index in [1.165, 1.54) is 0 Å². The van der Waals surface area contributed by atoms with E-state index < -0.39 is 0 Å². The van der Waals surface area contributed by atoms with Crippen molar-refractivity contribution in [3.63, 3.8) is 0 Å². The molecule has 72 valence electrons. The fourth-order valence-electron chi connectivity index (χ4n) is 1.44. The molecule has 0 aliphatic rings. The van der Waals surface area contributed by atoms with Crippen molar-refractivity contribution in [2.75, 3.05) is 0 Å². The molecule has 0 fully saturated rings. The predicted octanol–water partition coefficient (Wildman–Crippen LogP) is 0.668. The lowest BCUT2D eigenvalue weighted by Crippen LogP contribution is -2.13. The molecule has 2 aromatic rings. The van der Waals surface area contributed by atoms with Gasteiger partial charge in [0.25, 0.3) is 0 Å². The van der Waals surface area contributed by atoms with Gasteiger partial charge in [-0.1, -0.05) is 5.16 Å². The Morgan fingerprint density at radius 1 is 1.57 bits per heavy atom. The summed E-state index contributed by atoms with van der Waals surface area (Å²) in [6, 6.07) is 3.60. The number of nitrogens with zero attached hydrogens (tertiary/aromatic N) is 3. The molecule has 0 atom stereocenters. The molecule has 14 heavy (non-hydrogen) atoms. The van der Waals surface area contributed by atoms with Crippen LogP contribution in [-0.2, 0) is 7.05 Å². The largest absolute Gasteiger partial charge is 0.409 e. The lowest BCUT2D eigenvalue weighted by molar-refractivity contribution is 0.318. The number of oxime groups is 1. The van der Waals surface area contributed by atoms with Crippen LogP contribution in [0.4, 0.5) is 0 Å². The van der Waals surface area contributed by atoms with Crippen LogP contribution < -0.4 is 5.73 Å². The average molecular weight is 190 g/mol. The van der Waals surface area contributed by atoms with E-state index in [9.17, 15) is 0 Å². The number of rotatable bonds is 1. The van der Waals surface area contributed by atoms with Gasteiger partial charge in [0, 0.05) is 30.4 Å². The highest BCUT2D eigenvalue weighted by molar-refractivity contribution is 6.07. The molecule has 0 aliphatic carbocycles. The zero-order valence-electron chi connectivity index (χ0n) is 7.68. The number of pyridine rings is 1. The molecule has 0 unspecified atom stereocenters. The molecule has 0 aliphatic heterocycles. The fourth-order valence-corrected chi connectivity index (χ4v) is 1.44. The summed E-state index contributed by atoms with van der Waals surface area (Å²) in [5.74, 6) is 0.101. The van der Waals surface area contributed by atoms with E-state index in [4.69, 9.17) is 10.9 Å². The van der Waals surface area contributed by atoms with Crippen molar-refractivity contribution in [1.82, 2.24) is 9.55 Å². The van der Waals surface area contributed by atoms with E-state index in [2.05, 4.69) is 10.1 Å². The first-order valence-electron chi connectivity index (χ1n) is 4.12. The van der Waals surface area contributed by atoms with Crippen molar-refractivity contribution in [3.8, 4) is 0 Å². The maximum atomic E-state index is 8.59. The van der Waals surface area contributed by atoms with Crippen LogP contribution in [0.1, 0.15) is 5.56 Å². The minimum Gasteiger partial charge on any atom is -0.409 e. The summed E-state index contributed by atoms with van der Waals surface area (Å²) in [6.07, 6.45) is 3.52. The Morgan fingerprint density at radius 3 is 3.07 bits per heavy atom. The van der Waals surface area contributed by atoms with Crippen molar-refractivity contribution in [3.05, 3.63) is 30.1 Å². The monoisotopic (exact) mass is 190 g/mol. The van der Waals surface area contributed by atoms with Gasteiger partial charge in [-0.05, 0) is 12.1 Å². The van der Waals surface area contributed by atoms with Crippen molar-refractivity contribution in [2.45, 2.75) is 0 Å². The number of amidine groups is 1. The lowest BCUT2D eigenvalue weighted by atomic mass is 10.2. The molecule has 0 bridgehead atoms. The molecule has 0 amide bonds. The van der Waals surface area contributed by atoms with Crippen LogP contribution in [0.15, 0.2) is 29.7 Å². The summed E-state index contributed by atoms with van der Waals surface area (Å²) < 4.78 is 1.88. The number of hydrogen-bond acceptors (Lipinski definition) is 3. The van der Waals surface area contributed by atoms with Crippen molar-refractivity contribution < 1.29 is 5.21 Å². The molecule has 0 saturated heterocycles. The van der Waals surface area contributed by atoms with Crippen molar-refractivity contribution >= 4 is 16.9 Å². The normalized spacial score (nSPS) is 12.2. The van der Waals surface area contributed by atoms with E-state index in [0.29, 0.717) is 5.56 Å². The molecule has 2 heterocycles. The molecule has 0 saturated carbocycles. The van der Waals surface area contributed by atoms with Gasteiger partial charge in [0.15, 0.2) is 5.84 Å². The Bertz CT molecular complexity index is 500. The predicted molar refractivity (Wildman–Crippen MR) is 53.2 cm³/mol. The second-order valence-corrected chi connectivity index (χ2v) is 3.01. The molecular weight excluding hydrogens is 180 g/mol. The van der Waals surface area contributed by atoms with Gasteiger partial charge in [-0.2, -0.15) is 0 Å². The van der Waals surface area contributed by atoms with E-state index in [1.807, 2.05) is 23.9 Å². The Labute approximate surface area is 80.5 Å². The van der Waals surface area contributed by atoms with Crippen LogP contribution in [0.5, 0.6) is 0 Å². The molecule has 5 nitrogen and oxygen atoms in total. The van der Waals surface area contributed by atoms with Gasteiger partial charge in [-0.25, -0.2) is 4.98 Å². The van der Waals surface area contributed by atoms with Crippen LogP contribution in [-0.4, -0.2) is 20.6 Å². The Balaban J connectivity index is 2.78. The number of nitrogens with two attached hydrogens (primary N) is 1. The van der Waals surface area contributed by atoms with Gasteiger partial charge in [-0.15, -0.1) is 0 Å². The van der Waals surface area contributed by atoms with E-state index in [-0.39, 0.29) is 5.84 Å². The summed E-state index contributed by atoms with van der Waals surface area (Å²) in [5, 5.41) is 12.4. The van der Waals surface area contributed by atoms with Gasteiger partial charge in [-0.3, -0.25) is 0 Å². The van der Waals surface area contributed by atoms with Gasteiger partial charge < -0.3 is 15.5 Å². The van der Waals surface area contributed by atoms with Crippen LogP contribution in [0.2, 0.25) is 0 Å². The zero-order chi connectivity index (χ0) is 10.1. The standard InChI is InChI=1S/C9H10N4O/c1-13-5-3-7-6(8(10)12-14)2-4-11-9(7)13/h2-5,14H,1H3,(H2,10,12). The SMILES string of the molecule is Cn1ccc2c(C(N)=NO)ccnc21. The molecule has 0 spiro atoms. The quantitative estimate of drug-likeness (QED) is 0.300. The van der Waals surface area contributed by atoms with Gasteiger partial charge in [0.1, 0.15) is 5.65 Å². The summed E-state index contributed by atoms with van der Waals surface area (Å²) in [6.45, 7) is 0. The maximum absolute atomic E-state index is 8.59. The minimum absolute atomic E-state index is 0.101. The van der Waals surface area contributed by atoms with Crippen molar-refractivity contribution in [1.29, 1.82) is 0 Å². The molecule has 5 heteroatoms. The van der Waals surface area contributed by atoms with Crippen LogP contribution >= 0.6 is 0 Å². The fraction of sp³-hybridized carbons (Fsp3) is 0.111. The molecule has 2 rings (SSSR count). The van der Waals surface area contributed by atoms with Gasteiger partial charge in [0.2, 0.25) is 0 Å². The highest BCUT2D eigenvalue weighted by Gasteiger charge is 2.07. The molecule has 0 aromatic carbocycles. The molecule has 3 N–H and O–H groups in total. The molecule has 2 aromatic heterocycles. The Hall–Kier alpha value is -2.04. The summed E-state index contributed by atoms with van der Waals surface area (Å²) in [7, 11) is 1.89. The number of aryl methyl sites for hydroxylation is 1. The third-order valence-electron chi connectivity index (χ3n) is 2.15. The Kier molecular flexibility index (Phi) is 1.85. The molecular formula is C9H10N4O. The topological polar surface area (TPSA) is 76.4 Å². The smallest absolute Gasteiger partial charge is 0.170 e. The van der Waals surface area contributed by atoms with Crippen LogP contribution in [0.25, 0.3) is 11.0 Å². The molecule has 0 radical (unpaired) electrons. The zero-order valence-corrected chi connectivity index (χ0v) is 7.68. The highest BCUT2D eigenvalue weighted by atomic mass is 16.4. The number of hydrogen-bond donors (Lipinski definition) is 2. The third kappa shape index (κ3) is 1.10. The van der Waals surface area contributed by atoms with E-state index >= 15 is 0 Å². The highest BCUT2D eigenvalue weighted by Crippen LogP contribution is 2.16. The first kappa shape index (κ1) is 8.55. The second kappa shape index (κ2) is 3.02. The summed E-state index contributed by atoms with van der Waals surface area (Å²) in [4.78, 5) is 4.19. The first-order chi connectivity index (χ1) is 6.74. The van der Waals surface area contributed by atoms with Gasteiger partial charge in [0.05, 0.1) is 0 Å². The summed E-state index contributed by atoms with van der Waals surface area (Å²) in [5.41, 5.74) is 7.04. The van der Waals surface area contributed by atoms with E-state index in [1.54, 1.807) is 12.3 Å². The lowest BCUT2D eigenvalue weighted by Gasteiger charge is -2.00. The minimum atomic E-state index is 0.101. The Morgan fingerprint density at radius 2 is 2.36 bits per heavy atom. The van der Waals surface area contributed by atoms with Crippen LogP contribution in [0.3, 0.4) is 0 Å².